The van der Waals surface area contributed by atoms with Crippen molar-refractivity contribution in [2.75, 3.05) is 40.9 Å². The van der Waals surface area contributed by atoms with Gasteiger partial charge in [-0.15, -0.1) is 0 Å². The number of hydrogen-bond donors (Lipinski definition) is 3. The smallest absolute Gasteiger partial charge is 0.387 e. The van der Waals surface area contributed by atoms with E-state index in [1.165, 1.54) is 193 Å². The molecule has 0 aliphatic carbocycles. The van der Waals surface area contributed by atoms with Crippen LogP contribution in [-0.2, 0) is 18.4 Å². The third-order valence-corrected chi connectivity index (χ3v) is 13.8. The van der Waals surface area contributed by atoms with Crippen molar-refractivity contribution in [2.24, 2.45) is 0 Å². The van der Waals surface area contributed by atoms with Gasteiger partial charge in [0.05, 0.1) is 39.9 Å². The zero-order valence-electron chi connectivity index (χ0n) is 44.9. The number of unbranched alkanes of at least 4 members (excludes halogenated alkanes) is 33. The van der Waals surface area contributed by atoms with Crippen LogP contribution in [0.3, 0.4) is 0 Å². The molecule has 0 aliphatic rings. The lowest BCUT2D eigenvalue weighted by Crippen LogP contribution is -2.45. The van der Waals surface area contributed by atoms with E-state index in [0.29, 0.717) is 17.4 Å². The van der Waals surface area contributed by atoms with Gasteiger partial charge >= 0.3 is 7.82 Å². The van der Waals surface area contributed by atoms with Crippen LogP contribution in [0, 0.1) is 0 Å². The zero-order valence-corrected chi connectivity index (χ0v) is 45.8. The maximum atomic E-state index is 13.0. The van der Waals surface area contributed by atoms with Crippen molar-refractivity contribution < 1.29 is 32.9 Å². The SMILES string of the molecule is CCCCCCC/C=C\C/C=C\C/C=C\CCCCCCCCCCCCCCC(=O)NC(COP(=O)(O)OCC[N+](C)(C)C)C(O)/C=C/CCCCCCCCCCCCCCCCCC. The molecule has 0 aliphatic heterocycles. The summed E-state index contributed by atoms with van der Waals surface area (Å²) in [5.74, 6) is -0.178. The van der Waals surface area contributed by atoms with E-state index in [1.807, 2.05) is 27.2 Å². The Morgan fingerprint density at radius 1 is 0.507 bits per heavy atom. The molecule has 0 spiro atoms. The van der Waals surface area contributed by atoms with Crippen molar-refractivity contribution in [1.29, 1.82) is 0 Å². The predicted molar refractivity (Wildman–Crippen MR) is 291 cm³/mol. The lowest BCUT2D eigenvalue weighted by atomic mass is 10.0. The fourth-order valence-corrected chi connectivity index (χ4v) is 9.02. The van der Waals surface area contributed by atoms with E-state index in [-0.39, 0.29) is 19.1 Å². The van der Waals surface area contributed by atoms with Gasteiger partial charge in [0, 0.05) is 6.42 Å². The Morgan fingerprint density at radius 2 is 0.851 bits per heavy atom. The molecular formula is C58H112N2O6P+. The summed E-state index contributed by atoms with van der Waals surface area (Å²) in [4.78, 5) is 23.3. The zero-order chi connectivity index (χ0) is 49.2. The molecule has 0 aromatic heterocycles. The predicted octanol–water partition coefficient (Wildman–Crippen LogP) is 17.2. The minimum atomic E-state index is -4.35. The normalized spacial score (nSPS) is 14.3. The van der Waals surface area contributed by atoms with Crippen molar-refractivity contribution in [2.45, 2.75) is 276 Å². The summed E-state index contributed by atoms with van der Waals surface area (Å²) in [5.41, 5.74) is 0. The molecule has 8 nitrogen and oxygen atoms in total. The third kappa shape index (κ3) is 52.1. The first kappa shape index (κ1) is 65.5. The number of aliphatic hydroxyl groups is 1. The van der Waals surface area contributed by atoms with Crippen LogP contribution in [0.1, 0.15) is 264 Å². The summed E-state index contributed by atoms with van der Waals surface area (Å²) >= 11 is 0. The van der Waals surface area contributed by atoms with Gasteiger partial charge in [0.15, 0.2) is 0 Å². The first-order chi connectivity index (χ1) is 32.5. The number of allylic oxidation sites excluding steroid dienone is 7. The molecule has 0 fully saturated rings. The van der Waals surface area contributed by atoms with Gasteiger partial charge in [0.1, 0.15) is 13.2 Å². The van der Waals surface area contributed by atoms with Crippen molar-refractivity contribution in [3.05, 3.63) is 48.6 Å². The number of aliphatic hydroxyl groups excluding tert-OH is 1. The largest absolute Gasteiger partial charge is 0.472 e. The third-order valence-electron chi connectivity index (χ3n) is 12.8. The quantitative estimate of drug-likeness (QED) is 0.0243. The molecule has 0 rings (SSSR count). The Labute approximate surface area is 416 Å². The second-order valence-corrected chi connectivity index (χ2v) is 22.1. The number of carbonyl (C=O) groups is 1. The van der Waals surface area contributed by atoms with Crippen molar-refractivity contribution in [3.63, 3.8) is 0 Å². The lowest BCUT2D eigenvalue weighted by molar-refractivity contribution is -0.870. The molecule has 3 atom stereocenters. The molecule has 0 radical (unpaired) electrons. The number of phosphoric acid groups is 1. The highest BCUT2D eigenvalue weighted by atomic mass is 31.2. The van der Waals surface area contributed by atoms with E-state index in [4.69, 9.17) is 9.05 Å². The van der Waals surface area contributed by atoms with Crippen molar-refractivity contribution in [3.8, 4) is 0 Å². The maximum absolute atomic E-state index is 13.0. The molecule has 1 amide bonds. The number of nitrogens with zero attached hydrogens (tertiary/aromatic N) is 1. The molecule has 394 valence electrons. The summed E-state index contributed by atoms with van der Waals surface area (Å²) in [6.45, 7) is 4.83. The monoisotopic (exact) mass is 964 g/mol. The fourth-order valence-electron chi connectivity index (χ4n) is 8.29. The van der Waals surface area contributed by atoms with Crippen molar-refractivity contribution in [1.82, 2.24) is 5.32 Å². The molecule has 0 saturated heterocycles. The lowest BCUT2D eigenvalue weighted by Gasteiger charge is -2.25. The number of quaternary nitrogens is 1. The second kappa shape index (κ2) is 49.4. The van der Waals surface area contributed by atoms with E-state index in [2.05, 4.69) is 55.6 Å². The van der Waals surface area contributed by atoms with Gasteiger partial charge in [-0.3, -0.25) is 13.8 Å². The van der Waals surface area contributed by atoms with Gasteiger partial charge < -0.3 is 19.8 Å². The van der Waals surface area contributed by atoms with Crippen LogP contribution in [0.5, 0.6) is 0 Å². The Kier molecular flexibility index (Phi) is 48.3. The van der Waals surface area contributed by atoms with E-state index in [0.717, 1.165) is 51.4 Å². The first-order valence-electron chi connectivity index (χ1n) is 28.5. The summed E-state index contributed by atoms with van der Waals surface area (Å²) in [7, 11) is 1.57. The summed E-state index contributed by atoms with van der Waals surface area (Å²) < 4.78 is 23.7. The van der Waals surface area contributed by atoms with Gasteiger partial charge in [-0.05, 0) is 57.8 Å². The maximum Gasteiger partial charge on any atom is 0.472 e. The number of rotatable bonds is 52. The summed E-state index contributed by atoms with van der Waals surface area (Å²) in [6, 6.07) is -0.848. The summed E-state index contributed by atoms with van der Waals surface area (Å²) in [6.07, 6.45) is 64.8. The Balaban J connectivity index is 4.20. The van der Waals surface area contributed by atoms with Crippen LogP contribution >= 0.6 is 7.82 Å². The molecule has 3 N–H and O–H groups in total. The Hall–Kier alpha value is -1.54. The first-order valence-corrected chi connectivity index (χ1v) is 30.0. The topological polar surface area (TPSA) is 105 Å². The second-order valence-electron chi connectivity index (χ2n) is 20.7. The highest BCUT2D eigenvalue weighted by Gasteiger charge is 2.27. The van der Waals surface area contributed by atoms with Crippen LogP contribution in [0.4, 0.5) is 0 Å². The van der Waals surface area contributed by atoms with E-state index in [9.17, 15) is 19.4 Å². The van der Waals surface area contributed by atoms with E-state index in [1.54, 1.807) is 6.08 Å². The molecule has 0 aromatic carbocycles. The Morgan fingerprint density at radius 3 is 1.24 bits per heavy atom. The highest BCUT2D eigenvalue weighted by Crippen LogP contribution is 2.43. The molecule has 0 aromatic rings. The highest BCUT2D eigenvalue weighted by molar-refractivity contribution is 7.47. The average molecular weight is 965 g/mol. The molecule has 3 unspecified atom stereocenters. The van der Waals surface area contributed by atoms with Crippen LogP contribution in [-0.4, -0.2) is 73.4 Å². The fraction of sp³-hybridized carbons (Fsp3) is 0.845. The minimum absolute atomic E-state index is 0.0608. The summed E-state index contributed by atoms with van der Waals surface area (Å²) in [5, 5.41) is 13.9. The van der Waals surface area contributed by atoms with Gasteiger partial charge in [0.25, 0.3) is 0 Å². The molecule has 9 heteroatoms. The standard InChI is InChI=1S/C58H111N2O6P/c1-6-8-10-12-14-16-18-20-22-24-26-27-28-29-30-31-32-33-34-36-38-40-42-44-46-48-50-52-58(62)59-56(55-66-67(63,64)65-54-53-60(3,4)5)57(61)51-49-47-45-43-41-39-37-35-25-23-21-19-17-15-13-11-9-7-2/h18,20,24,26,28-29,49,51,56-57,61H,6-17,19,21-23,25,27,30-48,50,52-55H2,1-5H3,(H-,59,62,63,64)/p+1/b20-18-,26-24-,29-28-,51-49+. The minimum Gasteiger partial charge on any atom is -0.387 e. The molecular weight excluding hydrogens is 852 g/mol. The molecule has 67 heavy (non-hydrogen) atoms. The Bertz CT molecular complexity index is 1230. The van der Waals surface area contributed by atoms with Gasteiger partial charge in [-0.2, -0.15) is 0 Å². The number of nitrogens with one attached hydrogen (secondary N) is 1. The van der Waals surface area contributed by atoms with Crippen LogP contribution in [0.25, 0.3) is 0 Å². The van der Waals surface area contributed by atoms with Crippen LogP contribution in [0.15, 0.2) is 48.6 Å². The van der Waals surface area contributed by atoms with E-state index >= 15 is 0 Å². The van der Waals surface area contributed by atoms with Gasteiger partial charge in [0.2, 0.25) is 5.91 Å². The number of hydrogen-bond acceptors (Lipinski definition) is 5. The van der Waals surface area contributed by atoms with Crippen molar-refractivity contribution >= 4 is 13.7 Å². The average Bonchev–Trinajstić information content (AvgIpc) is 3.29. The van der Waals surface area contributed by atoms with Crippen LogP contribution < -0.4 is 5.32 Å². The molecule has 0 heterocycles. The number of amides is 1. The van der Waals surface area contributed by atoms with Gasteiger partial charge in [-0.1, -0.05) is 249 Å². The number of phosphoric ester groups is 1. The molecule has 0 bridgehead atoms. The van der Waals surface area contributed by atoms with E-state index < -0.39 is 20.0 Å². The van der Waals surface area contributed by atoms with Crippen LogP contribution in [0.2, 0.25) is 0 Å². The number of likely N-dealkylation sites (N-methyl/N-ethyl adjacent to an activating group) is 1. The number of carbonyl (C=O) groups excluding carboxylic acids is 1. The van der Waals surface area contributed by atoms with Gasteiger partial charge in [-0.25, -0.2) is 4.57 Å². The molecule has 0 saturated carbocycles.